The molecule has 5 aliphatic rings. The van der Waals surface area contributed by atoms with Gasteiger partial charge in [-0.2, -0.15) is 0 Å². The first-order valence-corrected chi connectivity index (χ1v) is 27.7. The predicted molar refractivity (Wildman–Crippen MR) is 309 cm³/mol. The van der Waals surface area contributed by atoms with Crippen LogP contribution in [0.1, 0.15) is 110 Å². The molecule has 0 spiro atoms. The number of anilines is 1. The van der Waals surface area contributed by atoms with E-state index in [9.17, 15) is 33.6 Å². The molecule has 4 aromatic rings. The van der Waals surface area contributed by atoms with Crippen molar-refractivity contribution < 1.29 is 57.2 Å². The summed E-state index contributed by atoms with van der Waals surface area (Å²) in [5.74, 6) is 0.0126. The molecule has 5 aliphatic heterocycles. The van der Waals surface area contributed by atoms with Crippen LogP contribution in [-0.4, -0.2) is 134 Å². The van der Waals surface area contributed by atoms with Crippen molar-refractivity contribution in [3.05, 3.63) is 120 Å². The minimum Gasteiger partial charge on any atom is -0.497 e. The number of hydrogen-bond acceptors (Lipinski definition) is 14. The van der Waals surface area contributed by atoms with Crippen LogP contribution >= 0.6 is 0 Å². The van der Waals surface area contributed by atoms with Crippen LogP contribution in [0.25, 0.3) is 11.1 Å². The monoisotopic (exact) mass is 1120 g/mol. The molecule has 3 N–H and O–H groups in total. The van der Waals surface area contributed by atoms with Gasteiger partial charge in [0, 0.05) is 80.6 Å². The van der Waals surface area contributed by atoms with Crippen molar-refractivity contribution in [2.45, 2.75) is 103 Å². The highest BCUT2D eigenvalue weighted by molar-refractivity contribution is 6.13. The van der Waals surface area contributed by atoms with E-state index in [4.69, 9.17) is 33.7 Å². The minimum absolute atomic E-state index is 0.161. The Morgan fingerprint density at radius 3 is 1.61 bits per heavy atom. The first-order chi connectivity index (χ1) is 39.6. The van der Waals surface area contributed by atoms with Crippen molar-refractivity contribution in [3.8, 4) is 28.7 Å². The number of imide groups is 1. The van der Waals surface area contributed by atoms with Gasteiger partial charge in [-0.05, 0) is 104 Å². The molecule has 0 unspecified atom stereocenters. The largest absolute Gasteiger partial charge is 0.497 e. The number of nitrogens with one attached hydrogen (secondary N) is 3. The van der Waals surface area contributed by atoms with E-state index in [0.29, 0.717) is 103 Å². The Morgan fingerprint density at radius 2 is 1.11 bits per heavy atom. The molecule has 0 fully saturated rings. The maximum Gasteiger partial charge on any atom is 0.260 e. The van der Waals surface area contributed by atoms with Crippen LogP contribution in [0.2, 0.25) is 0 Å². The lowest BCUT2D eigenvalue weighted by atomic mass is 10.0. The molecule has 428 valence electrons. The summed E-state index contributed by atoms with van der Waals surface area (Å²) in [6, 6.07) is 19.5. The molecule has 0 radical (unpaired) electrons. The number of amides is 7. The summed E-state index contributed by atoms with van der Waals surface area (Å²) in [6.45, 7) is 6.24. The van der Waals surface area contributed by atoms with Gasteiger partial charge in [0.2, 0.25) is 17.7 Å². The number of carbonyl (C=O) groups excluding carboxylic acids is 7. The van der Waals surface area contributed by atoms with Gasteiger partial charge in [0.05, 0.1) is 69.1 Å². The molecule has 82 heavy (non-hydrogen) atoms. The van der Waals surface area contributed by atoms with E-state index in [1.54, 1.807) is 87.4 Å². The lowest BCUT2D eigenvalue weighted by molar-refractivity contribution is -0.137. The van der Waals surface area contributed by atoms with Gasteiger partial charge in [0.1, 0.15) is 17.8 Å². The summed E-state index contributed by atoms with van der Waals surface area (Å²) < 4.78 is 29.0. The van der Waals surface area contributed by atoms with Gasteiger partial charge in [0.15, 0.2) is 23.0 Å². The second-order valence-corrected chi connectivity index (χ2v) is 20.9. The third-order valence-corrected chi connectivity index (χ3v) is 14.9. The van der Waals surface area contributed by atoms with Crippen molar-refractivity contribution in [1.82, 2.24) is 25.3 Å². The van der Waals surface area contributed by atoms with Crippen LogP contribution in [0.15, 0.2) is 107 Å². The van der Waals surface area contributed by atoms with Crippen molar-refractivity contribution in [2.75, 3.05) is 46.4 Å². The smallest absolute Gasteiger partial charge is 0.260 e. The molecule has 0 aliphatic carbocycles. The van der Waals surface area contributed by atoms with Gasteiger partial charge in [-0.15, -0.1) is 0 Å². The number of carbonyl (C=O) groups is 7. The van der Waals surface area contributed by atoms with Gasteiger partial charge in [-0.1, -0.05) is 44.5 Å². The molecule has 0 saturated carbocycles. The van der Waals surface area contributed by atoms with Crippen molar-refractivity contribution in [2.24, 2.45) is 15.9 Å². The van der Waals surface area contributed by atoms with Crippen molar-refractivity contribution >= 4 is 82.0 Å². The molecule has 7 amide bonds. The highest BCUT2D eigenvalue weighted by Crippen LogP contribution is 2.42. The van der Waals surface area contributed by atoms with Crippen LogP contribution in [0.3, 0.4) is 0 Å². The van der Waals surface area contributed by atoms with Crippen LogP contribution in [0.4, 0.5) is 17.1 Å². The average molecular weight is 1120 g/mol. The number of hydrogen-bond donors (Lipinski definition) is 3. The van der Waals surface area contributed by atoms with E-state index in [1.165, 1.54) is 24.2 Å². The summed E-state index contributed by atoms with van der Waals surface area (Å²) in [5, 5.41) is 8.35. The van der Waals surface area contributed by atoms with Crippen LogP contribution in [-0.2, 0) is 24.0 Å². The fourth-order valence-corrected chi connectivity index (χ4v) is 10.2. The molecule has 9 rings (SSSR count). The molecular weight excluding hydrogens is 1050 g/mol. The van der Waals surface area contributed by atoms with Crippen LogP contribution in [0.5, 0.6) is 28.7 Å². The van der Waals surface area contributed by atoms with Gasteiger partial charge in [0.25, 0.3) is 23.6 Å². The summed E-state index contributed by atoms with van der Waals surface area (Å²) >= 11 is 0. The van der Waals surface area contributed by atoms with Gasteiger partial charge in [-0.3, -0.25) is 48.4 Å². The Labute approximate surface area is 476 Å². The minimum atomic E-state index is -0.921. The zero-order chi connectivity index (χ0) is 58.0. The first kappa shape index (κ1) is 57.6. The normalized spacial score (nSPS) is 17.5. The van der Waals surface area contributed by atoms with E-state index in [1.807, 2.05) is 55.0 Å². The molecule has 0 saturated heterocycles. The molecule has 0 aromatic heterocycles. The lowest BCUT2D eigenvalue weighted by Gasteiger charge is -2.24. The van der Waals surface area contributed by atoms with Gasteiger partial charge >= 0.3 is 0 Å². The van der Waals surface area contributed by atoms with Gasteiger partial charge < -0.3 is 49.4 Å². The molecular formula is C62H68N8O12. The lowest BCUT2D eigenvalue weighted by Crippen LogP contribution is -2.53. The maximum absolute atomic E-state index is 14.1. The Balaban J connectivity index is 0.713. The third kappa shape index (κ3) is 13.2. The highest BCUT2D eigenvalue weighted by atomic mass is 16.5. The number of ether oxygens (including phenoxy) is 5. The maximum atomic E-state index is 14.1. The van der Waals surface area contributed by atoms with E-state index in [0.717, 1.165) is 40.9 Å². The Kier molecular flexibility index (Phi) is 18.3. The Bertz CT molecular complexity index is 3260. The van der Waals surface area contributed by atoms with E-state index < -0.39 is 23.9 Å². The molecule has 20 nitrogen and oxygen atoms in total. The fraction of sp³-hybridized carbons (Fsp3) is 0.371. The quantitative estimate of drug-likeness (QED) is 0.0419. The number of fused-ring (bicyclic) bond motifs is 4. The van der Waals surface area contributed by atoms with Crippen LogP contribution < -0.4 is 39.6 Å². The number of benzene rings is 4. The van der Waals surface area contributed by atoms with Crippen LogP contribution in [0, 0.1) is 5.92 Å². The Hall–Kier alpha value is -9.07. The second kappa shape index (κ2) is 26.0. The first-order valence-electron chi connectivity index (χ1n) is 27.7. The standard InChI is InChI=1S/C62H68N8O12/c1-37(2)58(67-55(71)13-9-7-10-24-68-56(72)22-23-57(68)73)60(75)65-38(3)59(74)66-43-18-14-39(15-19-43)41-27-44-33-63-49-31-53(51(79-5)29-47(49)61(76)69(44)35-41)81-25-11-8-12-26-82-54-32-50-48(30-52(54)80-6)62(77)70-36-42(28-45(70)34-64-50)40-16-20-46(78-4)21-17-40/h14-23,29-38,44-45,58H,7-13,24-28H2,1-6H3,(H,65,75)(H,66,74)(H,67,71)/t38-,44-,45-,58-/m0/s1. The number of rotatable bonds is 25. The SMILES string of the molecule is COc1ccc(C2=CN3C(=O)c4cc(OC)c(OCCCCCOc5cc6c(cc5OC)C(=O)N5C=C(c7ccc(NC(=O)[C@H](C)NC(=O)[C@@H](NC(=O)CCCCCN8C(=O)C=CC8=O)C(C)C)cc7)C[C@H]5C=N6)cc4N=C[C@@H]3C2)cc1. The van der Waals surface area contributed by atoms with E-state index >= 15 is 0 Å². The Morgan fingerprint density at radius 1 is 0.598 bits per heavy atom. The number of methoxy groups -OCH3 is 3. The average Bonchev–Trinajstić information content (AvgIpc) is 4.27. The molecule has 20 heteroatoms. The molecule has 4 atom stereocenters. The number of aliphatic imine (C=N–C) groups is 2. The fourth-order valence-electron chi connectivity index (χ4n) is 10.2. The highest BCUT2D eigenvalue weighted by Gasteiger charge is 2.36. The third-order valence-electron chi connectivity index (χ3n) is 14.9. The molecule has 5 heterocycles. The number of unbranched alkanes of at least 4 members (excludes halogenated alkanes) is 4. The predicted octanol–water partition coefficient (Wildman–Crippen LogP) is 8.35. The molecule has 0 bridgehead atoms. The van der Waals surface area contributed by atoms with E-state index in [2.05, 4.69) is 16.0 Å². The zero-order valence-corrected chi connectivity index (χ0v) is 46.9. The summed E-state index contributed by atoms with van der Waals surface area (Å²) in [4.78, 5) is 105. The van der Waals surface area contributed by atoms with Crippen molar-refractivity contribution in [1.29, 1.82) is 0 Å². The summed E-state index contributed by atoms with van der Waals surface area (Å²) in [5.41, 5.74) is 6.12. The molecule has 4 aromatic carbocycles. The topological polar surface area (TPSA) is 236 Å². The second-order valence-electron chi connectivity index (χ2n) is 20.9. The van der Waals surface area contributed by atoms with Crippen molar-refractivity contribution in [3.63, 3.8) is 0 Å². The van der Waals surface area contributed by atoms with Gasteiger partial charge in [-0.25, -0.2) is 0 Å². The summed E-state index contributed by atoms with van der Waals surface area (Å²) in [7, 11) is 4.70. The van der Waals surface area contributed by atoms with E-state index in [-0.39, 0.29) is 60.5 Å². The number of nitrogens with zero attached hydrogens (tertiary/aromatic N) is 5. The zero-order valence-electron chi connectivity index (χ0n) is 46.9. The summed E-state index contributed by atoms with van der Waals surface area (Å²) in [6.07, 6.45) is 15.0.